The molecule has 1 aromatic carbocycles. The molecule has 0 unspecified atom stereocenters. The third-order valence-electron chi connectivity index (χ3n) is 5.26. The molecule has 0 aliphatic carbocycles. The second-order valence-corrected chi connectivity index (χ2v) is 7.17. The van der Waals surface area contributed by atoms with Crippen molar-refractivity contribution >= 4 is 5.91 Å². The average molecular weight is 337 g/mol. The first kappa shape index (κ1) is 16.2. The lowest BCUT2D eigenvalue weighted by atomic mass is 9.97. The van der Waals surface area contributed by atoms with Crippen LogP contribution in [0.5, 0.6) is 0 Å². The summed E-state index contributed by atoms with van der Waals surface area (Å²) >= 11 is 0. The number of rotatable bonds is 3. The van der Waals surface area contributed by atoms with E-state index in [1.54, 1.807) is 29.4 Å². The number of pyridine rings is 1. The number of benzene rings is 1. The number of hydrogen-bond acceptors (Lipinski definition) is 4. The number of nitrogens with zero attached hydrogens (tertiary/aromatic N) is 3. The van der Waals surface area contributed by atoms with Gasteiger partial charge in [-0.25, -0.2) is 0 Å². The molecule has 2 aromatic rings. The molecule has 1 saturated heterocycles. The van der Waals surface area contributed by atoms with E-state index in [-0.39, 0.29) is 5.91 Å². The number of aromatic nitrogens is 1. The highest BCUT2D eigenvalue weighted by molar-refractivity contribution is 5.94. The number of carbonyl (C=O) groups is 1. The maximum absolute atomic E-state index is 12.6. The summed E-state index contributed by atoms with van der Waals surface area (Å²) in [5.41, 5.74) is 2.51. The van der Waals surface area contributed by atoms with E-state index in [4.69, 9.17) is 0 Å². The Labute approximate surface area is 147 Å². The van der Waals surface area contributed by atoms with Crippen molar-refractivity contribution in [1.29, 1.82) is 0 Å². The summed E-state index contributed by atoms with van der Waals surface area (Å²) in [4.78, 5) is 20.6. The lowest BCUT2D eigenvalue weighted by Gasteiger charge is -2.34. The molecule has 25 heavy (non-hydrogen) atoms. The number of fused-ring (bicyclic) bond motifs is 1. The van der Waals surface area contributed by atoms with E-state index in [9.17, 15) is 9.90 Å². The van der Waals surface area contributed by atoms with Crippen molar-refractivity contribution in [2.45, 2.75) is 25.0 Å². The number of β-amino-alcohol motifs (C(OH)–C–C–N with tert-alkyl or cyclic N) is 1. The molecule has 1 atom stereocenters. The Morgan fingerprint density at radius 2 is 2.00 bits per heavy atom. The summed E-state index contributed by atoms with van der Waals surface area (Å²) in [6, 6.07) is 12.0. The number of carbonyl (C=O) groups excluding carboxylic acids is 1. The van der Waals surface area contributed by atoms with Crippen LogP contribution in [-0.2, 0) is 13.0 Å². The first-order valence-corrected chi connectivity index (χ1v) is 8.84. The van der Waals surface area contributed by atoms with Gasteiger partial charge in [-0.1, -0.05) is 24.3 Å². The van der Waals surface area contributed by atoms with Crippen LogP contribution in [0.4, 0.5) is 0 Å². The van der Waals surface area contributed by atoms with E-state index in [1.165, 1.54) is 11.1 Å². The molecule has 1 aromatic heterocycles. The third-order valence-corrected chi connectivity index (χ3v) is 5.26. The predicted molar refractivity (Wildman–Crippen MR) is 95.1 cm³/mol. The van der Waals surface area contributed by atoms with Crippen molar-refractivity contribution < 1.29 is 9.90 Å². The number of amides is 1. The molecule has 0 spiro atoms. The zero-order valence-corrected chi connectivity index (χ0v) is 14.3. The standard InChI is InChI=1S/C20H23N3O2/c24-19(17-6-3-9-21-12-17)23-11-8-20(25,15-23)14-22-10-7-16-4-1-2-5-18(16)13-22/h1-6,9,12,25H,7-8,10-11,13-15H2/t20-/m0/s1. The molecule has 2 aliphatic rings. The first-order chi connectivity index (χ1) is 12.1. The molecule has 3 heterocycles. The van der Waals surface area contributed by atoms with Crippen LogP contribution in [0.25, 0.3) is 0 Å². The summed E-state index contributed by atoms with van der Waals surface area (Å²) in [5.74, 6) is -0.0481. The van der Waals surface area contributed by atoms with Crippen molar-refractivity contribution in [1.82, 2.24) is 14.8 Å². The predicted octanol–water partition coefficient (Wildman–Crippen LogP) is 1.72. The minimum atomic E-state index is -0.829. The Bertz CT molecular complexity index is 765. The van der Waals surface area contributed by atoms with Crippen molar-refractivity contribution in [2.75, 3.05) is 26.2 Å². The second kappa shape index (κ2) is 6.58. The van der Waals surface area contributed by atoms with Gasteiger partial charge >= 0.3 is 0 Å². The number of aliphatic hydroxyl groups is 1. The minimum Gasteiger partial charge on any atom is -0.387 e. The summed E-state index contributed by atoms with van der Waals surface area (Å²) in [6.07, 6.45) is 4.88. The van der Waals surface area contributed by atoms with Crippen LogP contribution in [0, 0.1) is 0 Å². The van der Waals surface area contributed by atoms with Crippen molar-refractivity contribution in [3.05, 3.63) is 65.5 Å². The summed E-state index contributed by atoms with van der Waals surface area (Å²) in [6.45, 7) is 3.41. The third kappa shape index (κ3) is 3.43. The Hall–Kier alpha value is -2.24. The number of hydrogen-bond donors (Lipinski definition) is 1. The molecule has 1 N–H and O–H groups in total. The van der Waals surface area contributed by atoms with Crippen LogP contribution >= 0.6 is 0 Å². The van der Waals surface area contributed by atoms with Gasteiger partial charge in [0, 0.05) is 38.6 Å². The molecule has 130 valence electrons. The van der Waals surface area contributed by atoms with Crippen molar-refractivity contribution in [3.63, 3.8) is 0 Å². The lowest BCUT2D eigenvalue weighted by Crippen LogP contribution is -2.47. The summed E-state index contributed by atoms with van der Waals surface area (Å²) in [7, 11) is 0. The average Bonchev–Trinajstić information content (AvgIpc) is 3.03. The SMILES string of the molecule is O=C(c1cccnc1)N1CC[C@](O)(CN2CCc3ccccc3C2)C1. The van der Waals surface area contributed by atoms with E-state index in [2.05, 4.69) is 34.1 Å². The smallest absolute Gasteiger partial charge is 0.255 e. The molecule has 0 saturated carbocycles. The van der Waals surface area contributed by atoms with Gasteiger partial charge in [0.25, 0.3) is 5.91 Å². The quantitative estimate of drug-likeness (QED) is 0.926. The molecule has 0 radical (unpaired) electrons. The van der Waals surface area contributed by atoms with Crippen LogP contribution < -0.4 is 0 Å². The van der Waals surface area contributed by atoms with Gasteiger partial charge in [0.15, 0.2) is 0 Å². The van der Waals surface area contributed by atoms with Gasteiger partial charge in [-0.3, -0.25) is 14.7 Å². The topological polar surface area (TPSA) is 56.7 Å². The van der Waals surface area contributed by atoms with E-state index in [0.717, 1.165) is 19.5 Å². The summed E-state index contributed by atoms with van der Waals surface area (Å²) in [5, 5.41) is 11.0. The Morgan fingerprint density at radius 1 is 1.16 bits per heavy atom. The fourth-order valence-electron chi connectivity index (χ4n) is 3.94. The molecule has 5 heteroatoms. The zero-order chi connectivity index (χ0) is 17.3. The normalized spacial score (nSPS) is 23.5. The van der Waals surface area contributed by atoms with Crippen LogP contribution in [0.2, 0.25) is 0 Å². The minimum absolute atomic E-state index is 0.0481. The monoisotopic (exact) mass is 337 g/mol. The van der Waals surface area contributed by atoms with Gasteiger partial charge in [0.2, 0.25) is 0 Å². The largest absolute Gasteiger partial charge is 0.387 e. The molecule has 5 nitrogen and oxygen atoms in total. The van der Waals surface area contributed by atoms with Gasteiger partial charge in [0.05, 0.1) is 17.7 Å². The molecular weight excluding hydrogens is 314 g/mol. The molecule has 0 bridgehead atoms. The van der Waals surface area contributed by atoms with Gasteiger partial charge in [-0.2, -0.15) is 0 Å². The van der Waals surface area contributed by atoms with Gasteiger partial charge < -0.3 is 10.0 Å². The Morgan fingerprint density at radius 3 is 2.80 bits per heavy atom. The van der Waals surface area contributed by atoms with Crippen molar-refractivity contribution in [3.8, 4) is 0 Å². The van der Waals surface area contributed by atoms with Crippen LogP contribution in [0.1, 0.15) is 27.9 Å². The van der Waals surface area contributed by atoms with E-state index < -0.39 is 5.60 Å². The number of likely N-dealkylation sites (tertiary alicyclic amines) is 1. The Balaban J connectivity index is 1.40. The molecule has 2 aliphatic heterocycles. The van der Waals surface area contributed by atoms with Gasteiger partial charge in [-0.15, -0.1) is 0 Å². The molecule has 1 amide bonds. The second-order valence-electron chi connectivity index (χ2n) is 7.17. The van der Waals surface area contributed by atoms with E-state index in [0.29, 0.717) is 31.6 Å². The summed E-state index contributed by atoms with van der Waals surface area (Å²) < 4.78 is 0. The Kier molecular flexibility index (Phi) is 4.27. The maximum atomic E-state index is 12.6. The maximum Gasteiger partial charge on any atom is 0.255 e. The first-order valence-electron chi connectivity index (χ1n) is 8.84. The van der Waals surface area contributed by atoms with E-state index in [1.807, 2.05) is 0 Å². The zero-order valence-electron chi connectivity index (χ0n) is 14.3. The van der Waals surface area contributed by atoms with E-state index >= 15 is 0 Å². The van der Waals surface area contributed by atoms with Crippen molar-refractivity contribution in [2.24, 2.45) is 0 Å². The molecular formula is C20H23N3O2. The van der Waals surface area contributed by atoms with Crippen LogP contribution in [0.3, 0.4) is 0 Å². The highest BCUT2D eigenvalue weighted by atomic mass is 16.3. The lowest BCUT2D eigenvalue weighted by molar-refractivity contribution is 0.00805. The fraction of sp³-hybridized carbons (Fsp3) is 0.400. The highest BCUT2D eigenvalue weighted by Gasteiger charge is 2.40. The van der Waals surface area contributed by atoms with Crippen LogP contribution in [0.15, 0.2) is 48.8 Å². The molecule has 4 rings (SSSR count). The van der Waals surface area contributed by atoms with Gasteiger partial charge in [-0.05, 0) is 36.1 Å². The fourth-order valence-corrected chi connectivity index (χ4v) is 3.94. The van der Waals surface area contributed by atoms with Gasteiger partial charge in [0.1, 0.15) is 0 Å². The molecule has 1 fully saturated rings. The highest BCUT2D eigenvalue weighted by Crippen LogP contribution is 2.27. The van der Waals surface area contributed by atoms with Crippen LogP contribution in [-0.4, -0.2) is 57.6 Å².